The molecular weight excluding hydrogens is 547 g/mol. The lowest BCUT2D eigenvalue weighted by atomic mass is 10.0. The summed E-state index contributed by atoms with van der Waals surface area (Å²) in [5.74, 6) is 1.79. The fourth-order valence-electron chi connectivity index (χ4n) is 6.38. The van der Waals surface area contributed by atoms with Gasteiger partial charge in [-0.1, -0.05) is 0 Å². The first-order chi connectivity index (χ1) is 20.7. The summed E-state index contributed by atoms with van der Waals surface area (Å²) in [6.45, 7) is 3.14. The highest BCUT2D eigenvalue weighted by Crippen LogP contribution is 2.38. The van der Waals surface area contributed by atoms with Crippen LogP contribution < -0.4 is 10.5 Å². The monoisotopic (exact) mass is 582 g/mol. The molecule has 2 aromatic carbocycles. The molecule has 1 aliphatic heterocycles. The molecule has 0 unspecified atom stereocenters. The number of likely N-dealkylation sites (tertiary alicyclic amines) is 1. The molecule has 7 rings (SSSR count). The highest BCUT2D eigenvalue weighted by Gasteiger charge is 2.30. The Balaban J connectivity index is 1.35. The van der Waals surface area contributed by atoms with Crippen LogP contribution in [0.5, 0.6) is 11.5 Å². The molecule has 1 amide bonds. The lowest BCUT2D eigenvalue weighted by Crippen LogP contribution is -2.50. The molecule has 43 heavy (non-hydrogen) atoms. The quantitative estimate of drug-likeness (QED) is 0.285. The van der Waals surface area contributed by atoms with Crippen LogP contribution in [-0.2, 0) is 13.6 Å². The maximum atomic E-state index is 14.2. The summed E-state index contributed by atoms with van der Waals surface area (Å²) in [7, 11) is 3.52. The average molecular weight is 583 g/mol. The van der Waals surface area contributed by atoms with E-state index in [2.05, 4.69) is 16.7 Å². The number of fused-ring (bicyclic) bond motifs is 2. The van der Waals surface area contributed by atoms with E-state index in [1.54, 1.807) is 31.4 Å². The van der Waals surface area contributed by atoms with Crippen molar-refractivity contribution >= 4 is 28.0 Å². The van der Waals surface area contributed by atoms with Crippen molar-refractivity contribution < 1.29 is 19.0 Å². The molecule has 2 fully saturated rings. The van der Waals surface area contributed by atoms with E-state index < -0.39 is 6.17 Å². The third-order valence-electron chi connectivity index (χ3n) is 8.72. The number of phenols is 1. The third-order valence-corrected chi connectivity index (χ3v) is 8.72. The highest BCUT2D eigenvalue weighted by atomic mass is 19.1. The number of aromatic nitrogens is 4. The molecule has 2 aliphatic rings. The number of methoxy groups -OCH3 is 1. The SMILES string of the molecule is COc1cc(C(=O)N2C[C@H](N)C[C@@H](F)C2)cc2nc(-c3cc4ccc(-c5ccc(O)cc5C)nc4n3CC3CC3)n(C)c12. The number of amides is 1. The lowest BCUT2D eigenvalue weighted by molar-refractivity contribution is 0.0606. The van der Waals surface area contributed by atoms with Crippen LogP contribution in [0.25, 0.3) is 44.8 Å². The molecule has 4 heterocycles. The van der Waals surface area contributed by atoms with Crippen molar-refractivity contribution in [3.05, 3.63) is 59.7 Å². The van der Waals surface area contributed by atoms with Crippen LogP contribution in [-0.4, -0.2) is 67.4 Å². The number of phenolic OH excluding ortho intramolecular Hbond substituents is 1. The van der Waals surface area contributed by atoms with Crippen molar-refractivity contribution in [3.63, 3.8) is 0 Å². The van der Waals surface area contributed by atoms with Crippen LogP contribution in [0.3, 0.4) is 0 Å². The molecule has 9 nitrogen and oxygen atoms in total. The second-order valence-electron chi connectivity index (χ2n) is 12.0. The summed E-state index contributed by atoms with van der Waals surface area (Å²) in [6, 6.07) is 14.6. The minimum absolute atomic E-state index is 0.0281. The number of alkyl halides is 1. The van der Waals surface area contributed by atoms with Gasteiger partial charge in [0.15, 0.2) is 5.82 Å². The van der Waals surface area contributed by atoms with Gasteiger partial charge in [-0.25, -0.2) is 14.4 Å². The molecule has 3 N–H and O–H groups in total. The topological polar surface area (TPSA) is 111 Å². The number of nitrogens with zero attached hydrogens (tertiary/aromatic N) is 5. The largest absolute Gasteiger partial charge is 0.508 e. The smallest absolute Gasteiger partial charge is 0.254 e. The molecule has 2 atom stereocenters. The number of rotatable bonds is 6. The van der Waals surface area contributed by atoms with Gasteiger partial charge in [-0.15, -0.1) is 0 Å². The second-order valence-corrected chi connectivity index (χ2v) is 12.0. The minimum atomic E-state index is -1.14. The number of nitrogens with two attached hydrogens (primary N) is 1. The van der Waals surface area contributed by atoms with E-state index in [-0.39, 0.29) is 30.7 Å². The zero-order chi connectivity index (χ0) is 30.0. The Kier molecular flexibility index (Phi) is 6.61. The van der Waals surface area contributed by atoms with Crippen LogP contribution in [0.1, 0.15) is 35.2 Å². The molecular formula is C33H35FN6O3. The molecule has 0 radical (unpaired) electrons. The predicted octanol–water partition coefficient (Wildman–Crippen LogP) is 5.20. The molecule has 0 spiro atoms. The Labute approximate surface area is 248 Å². The Morgan fingerprint density at radius 1 is 1.12 bits per heavy atom. The molecule has 222 valence electrons. The van der Waals surface area contributed by atoms with Gasteiger partial charge in [-0.3, -0.25) is 4.79 Å². The predicted molar refractivity (Wildman–Crippen MR) is 164 cm³/mol. The highest BCUT2D eigenvalue weighted by molar-refractivity contribution is 6.00. The summed E-state index contributed by atoms with van der Waals surface area (Å²) in [5.41, 5.74) is 12.4. The van der Waals surface area contributed by atoms with Crippen LogP contribution in [0.2, 0.25) is 0 Å². The van der Waals surface area contributed by atoms with Gasteiger partial charge in [0, 0.05) is 42.7 Å². The van der Waals surface area contributed by atoms with E-state index >= 15 is 0 Å². The number of ether oxygens (including phenoxy) is 1. The minimum Gasteiger partial charge on any atom is -0.508 e. The Morgan fingerprint density at radius 3 is 2.65 bits per heavy atom. The summed E-state index contributed by atoms with van der Waals surface area (Å²) in [4.78, 5) is 25.1. The van der Waals surface area contributed by atoms with Crippen molar-refractivity contribution in [2.45, 2.75) is 44.9 Å². The molecule has 1 saturated carbocycles. The van der Waals surface area contributed by atoms with Gasteiger partial charge in [0.25, 0.3) is 5.91 Å². The van der Waals surface area contributed by atoms with Crippen molar-refractivity contribution in [3.8, 4) is 34.3 Å². The first-order valence-corrected chi connectivity index (χ1v) is 14.7. The number of piperidine rings is 1. The number of imidazole rings is 1. The summed E-state index contributed by atoms with van der Waals surface area (Å²) in [5, 5.41) is 10.9. The average Bonchev–Trinajstić information content (AvgIpc) is 3.65. The van der Waals surface area contributed by atoms with E-state index in [1.807, 2.05) is 30.7 Å². The Hall–Kier alpha value is -4.44. The summed E-state index contributed by atoms with van der Waals surface area (Å²) in [6.07, 6.45) is 1.48. The number of aromatic hydroxyl groups is 1. The van der Waals surface area contributed by atoms with E-state index in [0.717, 1.165) is 51.4 Å². The first kappa shape index (κ1) is 27.4. The van der Waals surface area contributed by atoms with E-state index in [0.29, 0.717) is 29.3 Å². The fourth-order valence-corrected chi connectivity index (χ4v) is 6.38. The number of carbonyl (C=O) groups excluding carboxylic acids is 1. The van der Waals surface area contributed by atoms with Gasteiger partial charge >= 0.3 is 0 Å². The summed E-state index contributed by atoms with van der Waals surface area (Å²) >= 11 is 0. The number of hydrogen-bond acceptors (Lipinski definition) is 6. The van der Waals surface area contributed by atoms with Gasteiger partial charge in [0.1, 0.15) is 28.8 Å². The van der Waals surface area contributed by atoms with Gasteiger partial charge < -0.3 is 29.6 Å². The second kappa shape index (κ2) is 10.4. The van der Waals surface area contributed by atoms with Crippen molar-refractivity contribution in [1.82, 2.24) is 24.0 Å². The fraction of sp³-hybridized carbons (Fsp3) is 0.364. The third kappa shape index (κ3) is 4.89. The van der Waals surface area contributed by atoms with Crippen LogP contribution in [0.15, 0.2) is 48.5 Å². The Bertz CT molecular complexity index is 1880. The van der Waals surface area contributed by atoms with Gasteiger partial charge in [0.2, 0.25) is 0 Å². The van der Waals surface area contributed by atoms with Crippen LogP contribution in [0, 0.1) is 12.8 Å². The van der Waals surface area contributed by atoms with E-state index in [1.165, 1.54) is 17.7 Å². The maximum absolute atomic E-state index is 14.2. The number of pyridine rings is 1. The number of hydrogen-bond donors (Lipinski definition) is 2. The molecule has 1 aliphatic carbocycles. The molecule has 10 heteroatoms. The maximum Gasteiger partial charge on any atom is 0.254 e. The van der Waals surface area contributed by atoms with Crippen LogP contribution in [0.4, 0.5) is 4.39 Å². The Morgan fingerprint density at radius 2 is 1.93 bits per heavy atom. The van der Waals surface area contributed by atoms with E-state index in [4.69, 9.17) is 20.4 Å². The van der Waals surface area contributed by atoms with Crippen LogP contribution >= 0.6 is 0 Å². The number of benzene rings is 2. The lowest BCUT2D eigenvalue weighted by Gasteiger charge is -2.33. The summed E-state index contributed by atoms with van der Waals surface area (Å²) < 4.78 is 24.3. The van der Waals surface area contributed by atoms with Crippen molar-refractivity contribution in [2.24, 2.45) is 18.7 Å². The first-order valence-electron chi connectivity index (χ1n) is 14.7. The number of halogens is 1. The molecule has 0 bridgehead atoms. The van der Waals surface area contributed by atoms with Gasteiger partial charge in [-0.2, -0.15) is 0 Å². The van der Waals surface area contributed by atoms with Gasteiger partial charge in [-0.05, 0) is 86.2 Å². The van der Waals surface area contributed by atoms with E-state index in [9.17, 15) is 14.3 Å². The number of carbonyl (C=O) groups is 1. The zero-order valence-electron chi connectivity index (χ0n) is 24.5. The van der Waals surface area contributed by atoms with Crippen molar-refractivity contribution in [1.29, 1.82) is 0 Å². The molecule has 3 aromatic heterocycles. The molecule has 1 saturated heterocycles. The van der Waals surface area contributed by atoms with Gasteiger partial charge in [0.05, 0.1) is 30.6 Å². The normalized spacial score (nSPS) is 19.0. The zero-order valence-corrected chi connectivity index (χ0v) is 24.5. The standard InChI is InChI=1S/C33H35FN6O3/c1-18-10-24(41)7-8-25(18)26-9-6-20-12-28(40(31(20)36-26)15-19-4-5-19)32-37-27-11-21(13-29(43-3)30(27)38(32)2)33(42)39-16-22(34)14-23(35)17-39/h6-13,19,22-23,41H,4-5,14-17,35H2,1-3H3/t22-,23-/m1/s1. The molecule has 5 aromatic rings. The number of aryl methyl sites for hydroxylation is 2. The van der Waals surface area contributed by atoms with Crippen molar-refractivity contribution in [2.75, 3.05) is 20.2 Å².